The van der Waals surface area contributed by atoms with Crippen LogP contribution in [0, 0.1) is 107 Å². The molecule has 578 valence electrons. The highest BCUT2D eigenvalue weighted by Gasteiger charge is 2.61. The highest BCUT2D eigenvalue weighted by molar-refractivity contribution is 5.89. The van der Waals surface area contributed by atoms with Gasteiger partial charge in [0.25, 0.3) is 0 Å². The van der Waals surface area contributed by atoms with Gasteiger partial charge in [0, 0.05) is 67.0 Å². The summed E-state index contributed by atoms with van der Waals surface area (Å²) in [5.41, 5.74) is 3.05. The predicted molar refractivity (Wildman–Crippen MR) is 405 cm³/mol. The van der Waals surface area contributed by atoms with E-state index in [1.54, 1.807) is 53.5 Å². The Morgan fingerprint density at radius 3 is 1.43 bits per heavy atom. The number of fused-ring (bicyclic) bond motifs is 9. The molecule has 9 aromatic rings. The SMILES string of the molecule is CC(C)(NC(=O)C1[C@H]2CNC[C@@H]12)c1ncc2ccccn12.CC(C)(NC(=O)C1[C@H]2CNC[C@@H]12)c1ncc2ccncn12.Cc1ccnnc1OCC(C)(C)NC(=O)C1[C@H]2CNC[C@@H]12.Cn1nc(C(C)(C)NC(=O)C2[C@H]3CNC[C@@H]23)c2c(F)cccc21.Cn1nc(C(C)(C)NC(=O)C2[C@H]3CNC[C@@H]23)c2cc(F)ccc21. The molecule has 109 heavy (non-hydrogen) atoms. The number of hydrogen-bond acceptors (Lipinski definition) is 18. The Labute approximate surface area is 632 Å². The zero-order valence-electron chi connectivity index (χ0n) is 64.4. The molecule has 29 heteroatoms. The van der Waals surface area contributed by atoms with Gasteiger partial charge in [-0.3, -0.25) is 37.7 Å². The number of hydrogen-bond donors (Lipinski definition) is 10. The summed E-state index contributed by atoms with van der Waals surface area (Å²) in [6.45, 7) is 31.4. The number of imidazole rings is 2. The highest BCUT2D eigenvalue weighted by atomic mass is 19.1. The predicted octanol–water partition coefficient (Wildman–Crippen LogP) is 5.28. The van der Waals surface area contributed by atoms with Crippen molar-refractivity contribution < 1.29 is 37.5 Å². The number of amides is 5. The van der Waals surface area contributed by atoms with Crippen molar-refractivity contribution in [2.24, 2.45) is 103 Å². The van der Waals surface area contributed by atoms with Crippen molar-refractivity contribution in [2.75, 3.05) is 72.1 Å². The Morgan fingerprint density at radius 1 is 0.495 bits per heavy atom. The van der Waals surface area contributed by atoms with E-state index in [0.29, 0.717) is 88.4 Å². The van der Waals surface area contributed by atoms with Gasteiger partial charge in [0.15, 0.2) is 0 Å². The van der Waals surface area contributed by atoms with Crippen molar-refractivity contribution in [3.8, 4) is 5.88 Å². The second kappa shape index (κ2) is 28.8. The lowest BCUT2D eigenvalue weighted by atomic mass is 9.96. The molecule has 5 aliphatic carbocycles. The van der Waals surface area contributed by atoms with E-state index in [1.807, 2.05) is 141 Å². The zero-order chi connectivity index (χ0) is 77.0. The number of aryl methyl sites for hydroxylation is 3. The van der Waals surface area contributed by atoms with Gasteiger partial charge < -0.3 is 62.3 Å². The number of halogens is 2. The summed E-state index contributed by atoms with van der Waals surface area (Å²) in [7, 11) is 3.62. The molecule has 0 bridgehead atoms. The standard InChI is InChI=1S/2C17H21FN4O.C16H20N4O.C15H19N5O.C15H22N4O2/c1-17(2,20-16(23)14-11-7-19-8-12(11)14)15-10-6-9(18)4-5-13(10)22(3)21-15;1-17(2,20-16(23)13-9-7-19-8-10(9)13)15-14-11(18)5-4-6-12(14)22(3)21-15;1-16(2,15-18-7-10-5-3-4-6-20(10)15)19-14(21)13-11-8-17-9-12(11)13;1-15(2,14-18-5-9-3-4-16-8-20(9)14)19-13(21)12-10-6-17-7-11(10)12;1-9-4-5-17-19-14(9)21-8-15(2,3)18-13(20)12-10-6-16-7-11(10)12/h4-6,11-12,14,19H,7-8H2,1-3H3,(H,20,23);4-6,9-10,13,19H,7-8H2,1-3H3,(H,20,23);3-7,11-13,17H,8-9H2,1-2H3,(H,19,21);3-5,8,10-12,17H,6-7H2,1-2H3,(H,19,21);4-5,10-12,16H,6-8H2,1-3H3,(H,18,20)/t11-,12+,14?;9-,10+,13?;11-,12+,13?;2*10-,11+,12?. The minimum atomic E-state index is -0.719. The number of nitrogens with one attached hydrogen (secondary N) is 10. The molecule has 19 rings (SSSR count). The molecule has 5 amide bonds. The molecule has 0 spiro atoms. The van der Waals surface area contributed by atoms with Crippen LogP contribution < -0.4 is 57.9 Å². The summed E-state index contributed by atoms with van der Waals surface area (Å²) in [6, 6.07) is 19.3. The molecule has 5 aliphatic heterocycles. The van der Waals surface area contributed by atoms with E-state index >= 15 is 0 Å². The van der Waals surface area contributed by atoms with Crippen LogP contribution in [0.3, 0.4) is 0 Å². The van der Waals surface area contributed by atoms with Crippen molar-refractivity contribution in [1.29, 1.82) is 0 Å². The van der Waals surface area contributed by atoms with Gasteiger partial charge in [-0.1, -0.05) is 12.1 Å². The number of rotatable bonds is 17. The number of carbonyl (C=O) groups is 5. The summed E-state index contributed by atoms with van der Waals surface area (Å²) in [6.07, 6.45) is 10.8. The molecule has 5 saturated heterocycles. The third kappa shape index (κ3) is 15.0. The zero-order valence-corrected chi connectivity index (χ0v) is 64.4. The lowest BCUT2D eigenvalue weighted by Gasteiger charge is -2.26. The summed E-state index contributed by atoms with van der Waals surface area (Å²) < 4.78 is 41.0. The number of benzene rings is 2. The smallest absolute Gasteiger partial charge is 0.236 e. The second-order valence-corrected chi connectivity index (χ2v) is 34.5. The van der Waals surface area contributed by atoms with E-state index in [9.17, 15) is 32.8 Å². The van der Waals surface area contributed by atoms with Gasteiger partial charge in [0.2, 0.25) is 35.4 Å². The molecule has 10 aliphatic rings. The lowest BCUT2D eigenvalue weighted by Crippen LogP contribution is -2.49. The Hall–Kier alpha value is -9.42. The second-order valence-electron chi connectivity index (χ2n) is 34.5. The first-order valence-corrected chi connectivity index (χ1v) is 38.4. The van der Waals surface area contributed by atoms with Crippen molar-refractivity contribution in [3.05, 3.63) is 144 Å². The molecule has 0 radical (unpaired) electrons. The van der Waals surface area contributed by atoms with Gasteiger partial charge in [-0.25, -0.2) is 23.7 Å². The fraction of sp³-hybridized carbons (Fsp3) is 0.550. The summed E-state index contributed by atoms with van der Waals surface area (Å²) in [5.74, 6) is 8.04. The average Bonchev–Trinajstić information content (AvgIpc) is 1.58. The van der Waals surface area contributed by atoms with Gasteiger partial charge in [0.05, 0.1) is 85.1 Å². The third-order valence-corrected chi connectivity index (χ3v) is 24.3. The maximum absolute atomic E-state index is 14.3. The number of piperidine rings is 5. The number of nitrogens with zero attached hydrogens (tertiary/aromatic N) is 11. The van der Waals surface area contributed by atoms with E-state index in [2.05, 4.69) is 88.5 Å². The van der Waals surface area contributed by atoms with Crippen LogP contribution in [0.5, 0.6) is 5.88 Å². The molecule has 7 aromatic heterocycles. The van der Waals surface area contributed by atoms with Gasteiger partial charge >= 0.3 is 0 Å². The first kappa shape index (κ1) is 75.0. The fourth-order valence-electron chi connectivity index (χ4n) is 18.2. The Bertz CT molecular complexity index is 4790. The summed E-state index contributed by atoms with van der Waals surface area (Å²) in [4.78, 5) is 75.5. The number of carbonyl (C=O) groups excluding carboxylic acids is 5. The Morgan fingerprint density at radius 2 is 0.936 bits per heavy atom. The van der Waals surface area contributed by atoms with Crippen LogP contribution in [0.15, 0.2) is 104 Å². The van der Waals surface area contributed by atoms with Crippen LogP contribution in [0.1, 0.15) is 97.8 Å². The highest BCUT2D eigenvalue weighted by Crippen LogP contribution is 2.53. The number of aromatic nitrogens is 11. The van der Waals surface area contributed by atoms with Gasteiger partial charge in [-0.05, 0) is 255 Å². The molecule has 10 N–H and O–H groups in total. The van der Waals surface area contributed by atoms with Crippen molar-refractivity contribution in [3.63, 3.8) is 0 Å². The molecule has 2 aromatic carbocycles. The van der Waals surface area contributed by atoms with E-state index in [4.69, 9.17) is 4.74 Å². The number of pyridine rings is 1. The van der Waals surface area contributed by atoms with E-state index < -0.39 is 27.7 Å². The maximum Gasteiger partial charge on any atom is 0.236 e. The third-order valence-electron chi connectivity index (χ3n) is 24.3. The van der Waals surface area contributed by atoms with Crippen LogP contribution in [0.4, 0.5) is 8.78 Å². The van der Waals surface area contributed by atoms with Gasteiger partial charge in [-0.15, -0.1) is 5.10 Å². The van der Waals surface area contributed by atoms with E-state index in [-0.39, 0.29) is 70.8 Å². The van der Waals surface area contributed by atoms with Gasteiger partial charge in [-0.2, -0.15) is 15.3 Å². The Balaban J connectivity index is 0.000000109. The molecule has 12 heterocycles. The first-order chi connectivity index (χ1) is 51.9. The minimum Gasteiger partial charge on any atom is -0.474 e. The van der Waals surface area contributed by atoms with Crippen LogP contribution >= 0.6 is 0 Å². The van der Waals surface area contributed by atoms with Crippen LogP contribution in [-0.2, 0) is 60.2 Å². The molecule has 5 saturated carbocycles. The molecular formula is C80H103F2N21O6. The normalized spacial score (nSPS) is 27.0. The first-order valence-electron chi connectivity index (χ1n) is 38.4. The monoisotopic (exact) mass is 1490 g/mol. The Kier molecular flexibility index (Phi) is 19.8. The van der Waals surface area contributed by atoms with Crippen LogP contribution in [0.2, 0.25) is 0 Å². The van der Waals surface area contributed by atoms with E-state index in [0.717, 1.165) is 110 Å². The topological polar surface area (TPSA) is 324 Å². The average molecular weight is 1490 g/mol. The molecule has 10 fully saturated rings. The molecule has 15 atom stereocenters. The van der Waals surface area contributed by atoms with Crippen molar-refractivity contribution >= 4 is 62.4 Å². The van der Waals surface area contributed by atoms with Crippen molar-refractivity contribution in [2.45, 2.75) is 104 Å². The summed E-state index contributed by atoms with van der Waals surface area (Å²) in [5, 5.41) is 50.2. The fourth-order valence-corrected chi connectivity index (χ4v) is 18.2. The lowest BCUT2D eigenvalue weighted by molar-refractivity contribution is -0.125. The minimum absolute atomic E-state index is 0.0571. The molecule has 5 unspecified atom stereocenters. The van der Waals surface area contributed by atoms with Gasteiger partial charge in [0.1, 0.15) is 36.2 Å². The molecular weight excluding hydrogens is 1390 g/mol. The quantitative estimate of drug-likeness (QED) is 0.0554. The maximum atomic E-state index is 14.3. The largest absolute Gasteiger partial charge is 0.474 e. The van der Waals surface area contributed by atoms with Crippen LogP contribution in [0.25, 0.3) is 32.8 Å². The molecule has 27 nitrogen and oxygen atoms in total. The van der Waals surface area contributed by atoms with Crippen LogP contribution in [-0.4, -0.2) is 161 Å². The van der Waals surface area contributed by atoms with E-state index in [1.165, 1.54) is 18.2 Å². The van der Waals surface area contributed by atoms with Crippen molar-refractivity contribution in [1.82, 2.24) is 107 Å². The number of ether oxygens (including phenoxy) is 1. The summed E-state index contributed by atoms with van der Waals surface area (Å²) >= 11 is 0.